The van der Waals surface area contributed by atoms with Crippen LogP contribution in [0, 0.1) is 0 Å². The molecule has 1 fully saturated rings. The predicted octanol–water partition coefficient (Wildman–Crippen LogP) is -1.37. The number of hydrogen-bond acceptors (Lipinski definition) is 4. The number of morpholine rings is 1. The van der Waals surface area contributed by atoms with E-state index >= 15 is 0 Å². The van der Waals surface area contributed by atoms with Gasteiger partial charge in [-0.3, -0.25) is 4.79 Å². The summed E-state index contributed by atoms with van der Waals surface area (Å²) in [6, 6.07) is 0. The van der Waals surface area contributed by atoms with Crippen LogP contribution in [-0.4, -0.2) is 42.7 Å². The molecule has 5 nitrogen and oxygen atoms in total. The quantitative estimate of drug-likeness (QED) is 0.384. The van der Waals surface area contributed by atoms with Crippen molar-refractivity contribution >= 4 is 12.3 Å². The highest BCUT2D eigenvalue weighted by Gasteiger charge is 2.41. The molecule has 1 unspecified atom stereocenters. The Morgan fingerprint density at radius 3 is 2.73 bits per heavy atom. The summed E-state index contributed by atoms with van der Waals surface area (Å²) >= 11 is 0. The monoisotopic (exact) mass is 159 g/mol. The first-order valence-electron chi connectivity index (χ1n) is 3.26. The van der Waals surface area contributed by atoms with Crippen molar-refractivity contribution in [3.05, 3.63) is 0 Å². The Kier molecular flexibility index (Phi) is 2.21. The second-order valence-electron chi connectivity index (χ2n) is 2.34. The van der Waals surface area contributed by atoms with Gasteiger partial charge in [0.05, 0.1) is 6.61 Å². The minimum Gasteiger partial charge on any atom is -0.479 e. The van der Waals surface area contributed by atoms with Gasteiger partial charge in [0.2, 0.25) is 5.60 Å². The number of hydrogen-bond donors (Lipinski definition) is 2. The summed E-state index contributed by atoms with van der Waals surface area (Å²) in [5.74, 6) is -1.24. The van der Waals surface area contributed by atoms with Gasteiger partial charge in [0, 0.05) is 13.1 Å². The smallest absolute Gasteiger partial charge is 0.344 e. The third-order valence-corrected chi connectivity index (χ3v) is 1.58. The summed E-state index contributed by atoms with van der Waals surface area (Å²) in [5, 5.41) is 11.4. The molecule has 0 aromatic rings. The Labute approximate surface area is 63.3 Å². The molecule has 2 N–H and O–H groups in total. The Morgan fingerprint density at radius 1 is 1.73 bits per heavy atom. The molecule has 0 radical (unpaired) electrons. The summed E-state index contributed by atoms with van der Waals surface area (Å²) in [6.45, 7) is 0.889. The highest BCUT2D eigenvalue weighted by Crippen LogP contribution is 2.09. The molecule has 1 aliphatic heterocycles. The first-order chi connectivity index (χ1) is 5.21. The van der Waals surface area contributed by atoms with Gasteiger partial charge < -0.3 is 15.2 Å². The highest BCUT2D eigenvalue weighted by atomic mass is 16.5. The van der Waals surface area contributed by atoms with Crippen molar-refractivity contribution in [2.24, 2.45) is 0 Å². The Morgan fingerprint density at radius 2 is 2.45 bits per heavy atom. The van der Waals surface area contributed by atoms with Gasteiger partial charge in [-0.25, -0.2) is 4.79 Å². The largest absolute Gasteiger partial charge is 0.479 e. The molecule has 0 amide bonds. The summed E-state index contributed by atoms with van der Waals surface area (Å²) in [7, 11) is 0. The maximum atomic E-state index is 10.5. The van der Waals surface area contributed by atoms with Crippen LogP contribution in [-0.2, 0) is 14.3 Å². The number of carboxylic acids is 1. The minimum absolute atomic E-state index is 0.0475. The number of carbonyl (C=O) groups is 2. The standard InChI is InChI=1S/C6H9NO4/c8-4-6(5(9)10)3-7-1-2-11-6/h4,7H,1-3H2,(H,9,10). The van der Waals surface area contributed by atoms with Crippen LogP contribution in [0.4, 0.5) is 0 Å². The van der Waals surface area contributed by atoms with Crippen LogP contribution in [0.2, 0.25) is 0 Å². The molecule has 0 spiro atoms. The van der Waals surface area contributed by atoms with Crippen molar-refractivity contribution in [2.45, 2.75) is 5.60 Å². The van der Waals surface area contributed by atoms with Gasteiger partial charge in [-0.15, -0.1) is 0 Å². The van der Waals surface area contributed by atoms with Gasteiger partial charge in [-0.05, 0) is 0 Å². The number of aldehydes is 1. The zero-order valence-corrected chi connectivity index (χ0v) is 5.87. The number of ether oxygens (including phenoxy) is 1. The fourth-order valence-electron chi connectivity index (χ4n) is 0.894. The van der Waals surface area contributed by atoms with E-state index in [0.29, 0.717) is 12.8 Å². The van der Waals surface area contributed by atoms with Gasteiger partial charge in [0.25, 0.3) is 0 Å². The van der Waals surface area contributed by atoms with Crippen LogP contribution in [0.15, 0.2) is 0 Å². The number of carboxylic acid groups (broad SMARTS) is 1. The lowest BCUT2D eigenvalue weighted by atomic mass is 10.1. The van der Waals surface area contributed by atoms with Crippen molar-refractivity contribution in [3.63, 3.8) is 0 Å². The second kappa shape index (κ2) is 2.98. The van der Waals surface area contributed by atoms with E-state index in [0.717, 1.165) is 0 Å². The molecule has 5 heteroatoms. The molecule has 0 aromatic heterocycles. The van der Waals surface area contributed by atoms with Crippen molar-refractivity contribution in [3.8, 4) is 0 Å². The SMILES string of the molecule is O=CC1(C(=O)O)CNCCO1. The van der Waals surface area contributed by atoms with Crippen molar-refractivity contribution < 1.29 is 19.4 Å². The van der Waals surface area contributed by atoms with Crippen LogP contribution >= 0.6 is 0 Å². The molecule has 0 bridgehead atoms. The first-order valence-corrected chi connectivity index (χ1v) is 3.26. The molecule has 1 heterocycles. The van der Waals surface area contributed by atoms with Crippen LogP contribution in [0.5, 0.6) is 0 Å². The van der Waals surface area contributed by atoms with E-state index in [1.165, 1.54) is 0 Å². The van der Waals surface area contributed by atoms with Gasteiger partial charge in [-0.2, -0.15) is 0 Å². The van der Waals surface area contributed by atoms with E-state index in [-0.39, 0.29) is 13.2 Å². The Hall–Kier alpha value is -0.940. The molecule has 62 valence electrons. The van der Waals surface area contributed by atoms with Crippen LogP contribution in [0.1, 0.15) is 0 Å². The molecular formula is C6H9NO4. The molecule has 1 aliphatic rings. The van der Waals surface area contributed by atoms with E-state index in [2.05, 4.69) is 5.32 Å². The van der Waals surface area contributed by atoms with E-state index in [4.69, 9.17) is 9.84 Å². The molecule has 1 saturated heterocycles. The summed E-state index contributed by atoms with van der Waals surface area (Å²) in [4.78, 5) is 20.9. The van der Waals surface area contributed by atoms with E-state index in [1.807, 2.05) is 0 Å². The summed E-state index contributed by atoms with van der Waals surface area (Å²) in [5.41, 5.74) is -1.65. The lowest BCUT2D eigenvalue weighted by Gasteiger charge is -2.28. The van der Waals surface area contributed by atoms with Crippen LogP contribution in [0.25, 0.3) is 0 Å². The topological polar surface area (TPSA) is 75.6 Å². The highest BCUT2D eigenvalue weighted by molar-refractivity contribution is 5.96. The third-order valence-electron chi connectivity index (χ3n) is 1.58. The van der Waals surface area contributed by atoms with Crippen molar-refractivity contribution in [1.82, 2.24) is 5.32 Å². The van der Waals surface area contributed by atoms with E-state index in [9.17, 15) is 9.59 Å². The lowest BCUT2D eigenvalue weighted by Crippen LogP contribution is -2.56. The fraction of sp³-hybridized carbons (Fsp3) is 0.667. The second-order valence-corrected chi connectivity index (χ2v) is 2.34. The minimum atomic E-state index is -1.65. The lowest BCUT2D eigenvalue weighted by molar-refractivity contribution is -0.169. The van der Waals surface area contributed by atoms with Crippen molar-refractivity contribution in [2.75, 3.05) is 19.7 Å². The number of nitrogens with one attached hydrogen (secondary N) is 1. The van der Waals surface area contributed by atoms with Gasteiger partial charge in [0.15, 0.2) is 6.29 Å². The molecule has 0 aromatic carbocycles. The predicted molar refractivity (Wildman–Crippen MR) is 35.3 cm³/mol. The normalized spacial score (nSPS) is 31.3. The number of rotatable bonds is 2. The zero-order valence-electron chi connectivity index (χ0n) is 5.87. The molecule has 1 rings (SSSR count). The Balaban J connectivity index is 2.72. The number of aliphatic carboxylic acids is 1. The maximum Gasteiger partial charge on any atom is 0.344 e. The van der Waals surface area contributed by atoms with E-state index in [1.54, 1.807) is 0 Å². The third kappa shape index (κ3) is 1.38. The molecule has 1 atom stereocenters. The molecule has 0 aliphatic carbocycles. The van der Waals surface area contributed by atoms with Gasteiger partial charge >= 0.3 is 5.97 Å². The number of carbonyl (C=O) groups excluding carboxylic acids is 1. The molecule has 11 heavy (non-hydrogen) atoms. The first kappa shape index (κ1) is 8.16. The average molecular weight is 159 g/mol. The summed E-state index contributed by atoms with van der Waals surface area (Å²) in [6.07, 6.45) is 0.321. The average Bonchev–Trinajstić information content (AvgIpc) is 2.05. The van der Waals surface area contributed by atoms with E-state index < -0.39 is 11.6 Å². The molecule has 0 saturated carbocycles. The zero-order chi connectivity index (χ0) is 8.32. The summed E-state index contributed by atoms with van der Waals surface area (Å²) < 4.78 is 4.85. The van der Waals surface area contributed by atoms with Crippen molar-refractivity contribution in [1.29, 1.82) is 0 Å². The van der Waals surface area contributed by atoms with Gasteiger partial charge in [0.1, 0.15) is 0 Å². The van der Waals surface area contributed by atoms with Gasteiger partial charge in [-0.1, -0.05) is 0 Å². The van der Waals surface area contributed by atoms with Crippen LogP contribution < -0.4 is 5.32 Å². The Bertz CT molecular complexity index is 173. The van der Waals surface area contributed by atoms with Crippen LogP contribution in [0.3, 0.4) is 0 Å². The fourth-order valence-corrected chi connectivity index (χ4v) is 0.894. The molecular weight excluding hydrogens is 150 g/mol. The maximum absolute atomic E-state index is 10.5.